The molecule has 0 amide bonds. The molecule has 2 aliphatic rings. The summed E-state index contributed by atoms with van der Waals surface area (Å²) in [6, 6.07) is 10.6. The van der Waals surface area contributed by atoms with Gasteiger partial charge in [0.05, 0.1) is 0 Å². The van der Waals surface area contributed by atoms with E-state index in [1.165, 1.54) is 28.9 Å². The Hall–Kier alpha value is -2.18. The van der Waals surface area contributed by atoms with Gasteiger partial charge in [0, 0.05) is 50.5 Å². The van der Waals surface area contributed by atoms with Gasteiger partial charge in [-0.1, -0.05) is 33.8 Å². The van der Waals surface area contributed by atoms with Crippen LogP contribution in [0.25, 0.3) is 0 Å². The number of hydrogen-bond acceptors (Lipinski definition) is 4. The van der Waals surface area contributed by atoms with Crippen LogP contribution in [-0.4, -0.2) is 51.3 Å². The molecule has 0 bridgehead atoms. The summed E-state index contributed by atoms with van der Waals surface area (Å²) in [6.45, 7) is 13.2. The average molecular weight is 448 g/mol. The van der Waals surface area contributed by atoms with Gasteiger partial charge in [-0.25, -0.2) is 8.78 Å². The van der Waals surface area contributed by atoms with Gasteiger partial charge in [-0.15, -0.1) is 0 Å². The van der Waals surface area contributed by atoms with Gasteiger partial charge in [-0.3, -0.25) is 4.90 Å². The van der Waals surface area contributed by atoms with Crippen molar-refractivity contribution < 1.29 is 13.5 Å². The molecule has 1 aliphatic carbocycles. The Kier molecular flexibility index (Phi) is 10.9. The summed E-state index contributed by atoms with van der Waals surface area (Å²) in [5.41, 5.74) is 4.11. The van der Waals surface area contributed by atoms with E-state index in [-0.39, 0.29) is 5.75 Å². The van der Waals surface area contributed by atoms with Gasteiger partial charge in [-0.2, -0.15) is 0 Å². The molecule has 1 N–H and O–H groups in total. The SMILES string of the molecule is CC.CC.CN(CCOc1ccc(F)cc1F)C1CCc2ccc(N3CCNCC3)cc21. The number of halogens is 2. The van der Waals surface area contributed by atoms with Crippen molar-refractivity contribution in [3.63, 3.8) is 0 Å². The monoisotopic (exact) mass is 447 g/mol. The molecule has 0 aromatic heterocycles. The smallest absolute Gasteiger partial charge is 0.167 e. The van der Waals surface area contributed by atoms with E-state index in [1.54, 1.807) is 0 Å². The zero-order valence-corrected chi connectivity index (χ0v) is 20.3. The third-order valence-electron chi connectivity index (χ3n) is 5.79. The number of benzene rings is 2. The zero-order chi connectivity index (χ0) is 23.5. The summed E-state index contributed by atoms with van der Waals surface area (Å²) in [5, 5.41) is 3.40. The van der Waals surface area contributed by atoms with E-state index in [1.807, 2.05) is 27.7 Å². The minimum atomic E-state index is -0.658. The van der Waals surface area contributed by atoms with Gasteiger partial charge in [0.25, 0.3) is 0 Å². The van der Waals surface area contributed by atoms with Crippen LogP contribution in [0.2, 0.25) is 0 Å². The Morgan fingerprint density at radius 1 is 1.03 bits per heavy atom. The average Bonchev–Trinajstić information content (AvgIpc) is 3.27. The minimum Gasteiger partial charge on any atom is -0.489 e. The normalized spacial score (nSPS) is 17.1. The largest absolute Gasteiger partial charge is 0.489 e. The highest BCUT2D eigenvalue weighted by Crippen LogP contribution is 2.37. The summed E-state index contributed by atoms with van der Waals surface area (Å²) in [7, 11) is 2.08. The van der Waals surface area contributed by atoms with Gasteiger partial charge >= 0.3 is 0 Å². The molecule has 4 rings (SSSR count). The summed E-state index contributed by atoms with van der Waals surface area (Å²) < 4.78 is 32.2. The van der Waals surface area contributed by atoms with Gasteiger partial charge in [-0.05, 0) is 55.3 Å². The van der Waals surface area contributed by atoms with Crippen LogP contribution in [0.1, 0.15) is 51.3 Å². The van der Waals surface area contributed by atoms with Gasteiger partial charge in [0.15, 0.2) is 11.6 Å². The number of piperazine rings is 1. The number of likely N-dealkylation sites (N-methyl/N-ethyl adjacent to an activating group) is 1. The Morgan fingerprint density at radius 2 is 1.75 bits per heavy atom. The van der Waals surface area contributed by atoms with Crippen molar-refractivity contribution in [3.8, 4) is 5.75 Å². The molecule has 2 aromatic carbocycles. The summed E-state index contributed by atoms with van der Waals surface area (Å²) in [5.74, 6) is -1.15. The standard InChI is InChI=1S/C22H27F2N3O.2C2H6/c1-26(12-13-28-22-7-4-17(23)14-20(22)24)21-6-3-16-2-5-18(15-19(16)21)27-10-8-25-9-11-27;2*1-2/h2,4-5,7,14-15,21,25H,3,6,8-13H2,1H3;2*1-2H3. The van der Waals surface area contributed by atoms with E-state index < -0.39 is 11.6 Å². The zero-order valence-electron chi connectivity index (χ0n) is 20.3. The van der Waals surface area contributed by atoms with Crippen LogP contribution in [0.15, 0.2) is 36.4 Å². The number of fused-ring (bicyclic) bond motifs is 1. The number of ether oxygens (including phenoxy) is 1. The number of rotatable bonds is 6. The first-order valence-electron chi connectivity index (χ1n) is 12.0. The van der Waals surface area contributed by atoms with Crippen LogP contribution < -0.4 is 15.0 Å². The maximum absolute atomic E-state index is 13.7. The lowest BCUT2D eigenvalue weighted by molar-refractivity contribution is 0.188. The molecule has 178 valence electrons. The van der Waals surface area contributed by atoms with Crippen molar-refractivity contribution >= 4 is 5.69 Å². The second-order valence-corrected chi connectivity index (χ2v) is 7.58. The lowest BCUT2D eigenvalue weighted by Gasteiger charge is -2.31. The van der Waals surface area contributed by atoms with Gasteiger partial charge in [0.1, 0.15) is 12.4 Å². The third-order valence-corrected chi connectivity index (χ3v) is 5.79. The van der Waals surface area contributed by atoms with Crippen molar-refractivity contribution in [2.75, 3.05) is 51.3 Å². The molecule has 1 fully saturated rings. The molecular weight excluding hydrogens is 408 g/mol. The van der Waals surface area contributed by atoms with Crippen molar-refractivity contribution in [3.05, 3.63) is 59.2 Å². The quantitative estimate of drug-likeness (QED) is 0.640. The Labute approximate surface area is 192 Å². The van der Waals surface area contributed by atoms with Gasteiger partial charge < -0.3 is 15.0 Å². The van der Waals surface area contributed by atoms with Gasteiger partial charge in [0.2, 0.25) is 0 Å². The van der Waals surface area contributed by atoms with Crippen LogP contribution in [0.3, 0.4) is 0 Å². The predicted molar refractivity (Wildman–Crippen MR) is 130 cm³/mol. The van der Waals surface area contributed by atoms with Crippen molar-refractivity contribution in [1.82, 2.24) is 10.2 Å². The van der Waals surface area contributed by atoms with Crippen molar-refractivity contribution in [1.29, 1.82) is 0 Å². The molecule has 32 heavy (non-hydrogen) atoms. The predicted octanol–water partition coefficient (Wildman–Crippen LogP) is 5.42. The Balaban J connectivity index is 0.000000860. The maximum atomic E-state index is 13.7. The third kappa shape index (κ3) is 6.66. The molecule has 4 nitrogen and oxygen atoms in total. The highest BCUT2D eigenvalue weighted by Gasteiger charge is 2.27. The molecule has 1 saturated heterocycles. The van der Waals surface area contributed by atoms with Crippen molar-refractivity contribution in [2.24, 2.45) is 0 Å². The highest BCUT2D eigenvalue weighted by molar-refractivity contribution is 5.53. The first-order chi connectivity index (χ1) is 15.6. The fourth-order valence-electron chi connectivity index (χ4n) is 4.19. The topological polar surface area (TPSA) is 27.7 Å². The fourth-order valence-corrected chi connectivity index (χ4v) is 4.19. The molecule has 0 saturated carbocycles. The number of aryl methyl sites for hydroxylation is 1. The molecule has 1 atom stereocenters. The molecule has 0 radical (unpaired) electrons. The van der Waals surface area contributed by atoms with Crippen LogP contribution in [0.4, 0.5) is 14.5 Å². The van der Waals surface area contributed by atoms with Crippen LogP contribution in [0.5, 0.6) is 5.75 Å². The molecule has 2 aromatic rings. The van der Waals surface area contributed by atoms with E-state index in [4.69, 9.17) is 4.74 Å². The maximum Gasteiger partial charge on any atom is 0.167 e. The lowest BCUT2D eigenvalue weighted by Crippen LogP contribution is -2.43. The van der Waals surface area contributed by atoms with Crippen LogP contribution in [0, 0.1) is 11.6 Å². The Bertz CT molecular complexity index is 825. The van der Waals surface area contributed by atoms with Crippen LogP contribution in [-0.2, 0) is 6.42 Å². The molecule has 6 heteroatoms. The minimum absolute atomic E-state index is 0.0996. The first-order valence-corrected chi connectivity index (χ1v) is 12.0. The summed E-state index contributed by atoms with van der Waals surface area (Å²) >= 11 is 0. The van der Waals surface area contributed by atoms with E-state index in [0.29, 0.717) is 19.2 Å². The number of nitrogens with one attached hydrogen (secondary N) is 1. The molecule has 0 spiro atoms. The molecular formula is C26H39F2N3O. The second kappa shape index (κ2) is 13.4. The van der Waals surface area contributed by atoms with E-state index in [2.05, 4.69) is 40.4 Å². The summed E-state index contributed by atoms with van der Waals surface area (Å²) in [6.07, 6.45) is 2.17. The summed E-state index contributed by atoms with van der Waals surface area (Å²) in [4.78, 5) is 4.71. The lowest BCUT2D eigenvalue weighted by atomic mass is 10.1. The number of anilines is 1. The van der Waals surface area contributed by atoms with E-state index >= 15 is 0 Å². The number of nitrogens with zero attached hydrogens (tertiary/aromatic N) is 2. The second-order valence-electron chi connectivity index (χ2n) is 7.58. The fraction of sp³-hybridized carbons (Fsp3) is 0.538. The van der Waals surface area contributed by atoms with E-state index in [0.717, 1.165) is 45.1 Å². The van der Waals surface area contributed by atoms with E-state index in [9.17, 15) is 8.78 Å². The molecule has 1 aliphatic heterocycles. The number of hydrogen-bond donors (Lipinski definition) is 1. The Morgan fingerprint density at radius 3 is 2.44 bits per heavy atom. The molecule has 1 heterocycles. The highest BCUT2D eigenvalue weighted by atomic mass is 19.1. The van der Waals surface area contributed by atoms with Crippen LogP contribution >= 0.6 is 0 Å². The molecule has 1 unspecified atom stereocenters. The first kappa shape index (κ1) is 26.1. The van der Waals surface area contributed by atoms with Crippen molar-refractivity contribution in [2.45, 2.75) is 46.6 Å².